The molecule has 15 heavy (non-hydrogen) atoms. The van der Waals surface area contributed by atoms with E-state index >= 15 is 0 Å². The van der Waals surface area contributed by atoms with Gasteiger partial charge in [-0.15, -0.1) is 0 Å². The van der Waals surface area contributed by atoms with Crippen LogP contribution in [0.2, 0.25) is 0 Å². The van der Waals surface area contributed by atoms with Crippen molar-refractivity contribution in [3.8, 4) is 11.4 Å². The van der Waals surface area contributed by atoms with Crippen molar-refractivity contribution in [1.82, 2.24) is 19.6 Å². The van der Waals surface area contributed by atoms with E-state index < -0.39 is 0 Å². The maximum Gasteiger partial charge on any atom is 0.153 e. The number of aldehydes is 1. The van der Waals surface area contributed by atoms with Gasteiger partial charge in [0.25, 0.3) is 0 Å². The molecule has 0 spiro atoms. The van der Waals surface area contributed by atoms with Crippen molar-refractivity contribution in [1.29, 1.82) is 0 Å². The van der Waals surface area contributed by atoms with Crippen molar-refractivity contribution in [2.24, 2.45) is 7.05 Å². The second kappa shape index (κ2) is 3.68. The van der Waals surface area contributed by atoms with Gasteiger partial charge in [-0.25, -0.2) is 0 Å². The van der Waals surface area contributed by atoms with Crippen molar-refractivity contribution in [3.05, 3.63) is 24.0 Å². The Kier molecular flexibility index (Phi) is 2.37. The molecule has 0 saturated carbocycles. The molecule has 0 aliphatic carbocycles. The summed E-state index contributed by atoms with van der Waals surface area (Å²) in [6.45, 7) is 2.73. The van der Waals surface area contributed by atoms with Crippen LogP contribution in [0.5, 0.6) is 0 Å². The van der Waals surface area contributed by atoms with Crippen molar-refractivity contribution >= 4 is 6.29 Å². The fourth-order valence-electron chi connectivity index (χ4n) is 1.49. The maximum atomic E-state index is 10.9. The minimum atomic E-state index is 0.598. The molecule has 5 heteroatoms. The summed E-state index contributed by atoms with van der Waals surface area (Å²) >= 11 is 0. The number of hydrogen-bond donors (Lipinski definition) is 0. The third kappa shape index (κ3) is 1.56. The summed E-state index contributed by atoms with van der Waals surface area (Å²) in [7, 11) is 1.83. The first-order chi connectivity index (χ1) is 7.26. The fourth-order valence-corrected chi connectivity index (χ4v) is 1.49. The topological polar surface area (TPSA) is 52.7 Å². The summed E-state index contributed by atoms with van der Waals surface area (Å²) in [5.74, 6) is 0. The number of aromatic nitrogens is 4. The Morgan fingerprint density at radius 1 is 1.53 bits per heavy atom. The van der Waals surface area contributed by atoms with E-state index in [1.165, 1.54) is 0 Å². The molecule has 0 atom stereocenters. The van der Waals surface area contributed by atoms with E-state index in [0.717, 1.165) is 18.5 Å². The average molecular weight is 204 g/mol. The predicted octanol–water partition coefficient (Wildman–Crippen LogP) is 1.12. The van der Waals surface area contributed by atoms with Gasteiger partial charge in [0.1, 0.15) is 5.69 Å². The van der Waals surface area contributed by atoms with Crippen LogP contribution < -0.4 is 0 Å². The lowest BCUT2D eigenvalue weighted by Gasteiger charge is -1.97. The third-order valence-corrected chi connectivity index (χ3v) is 2.30. The molecule has 2 aromatic rings. The van der Waals surface area contributed by atoms with E-state index in [1.807, 2.05) is 20.0 Å². The third-order valence-electron chi connectivity index (χ3n) is 2.30. The first-order valence-electron chi connectivity index (χ1n) is 4.77. The maximum absolute atomic E-state index is 10.9. The van der Waals surface area contributed by atoms with Gasteiger partial charge in [-0.05, 0) is 13.0 Å². The van der Waals surface area contributed by atoms with Crippen molar-refractivity contribution < 1.29 is 4.79 Å². The Morgan fingerprint density at radius 3 is 2.87 bits per heavy atom. The fraction of sp³-hybridized carbons (Fsp3) is 0.300. The SMILES string of the molecule is CCn1cc(C=O)c(-c2ccnn2C)n1. The van der Waals surface area contributed by atoms with Crippen LogP contribution in [0.4, 0.5) is 0 Å². The van der Waals surface area contributed by atoms with Gasteiger partial charge in [0, 0.05) is 26.0 Å². The molecule has 0 bridgehead atoms. The number of hydrogen-bond acceptors (Lipinski definition) is 3. The Morgan fingerprint density at radius 2 is 2.33 bits per heavy atom. The highest BCUT2D eigenvalue weighted by atomic mass is 16.1. The van der Waals surface area contributed by atoms with E-state index in [1.54, 1.807) is 21.8 Å². The van der Waals surface area contributed by atoms with Crippen LogP contribution in [0.3, 0.4) is 0 Å². The average Bonchev–Trinajstić information content (AvgIpc) is 2.82. The molecular weight excluding hydrogens is 192 g/mol. The molecule has 0 N–H and O–H groups in total. The highest BCUT2D eigenvalue weighted by molar-refractivity contribution is 5.84. The molecule has 0 radical (unpaired) electrons. The second-order valence-electron chi connectivity index (χ2n) is 3.25. The van der Waals surface area contributed by atoms with Gasteiger partial charge in [-0.1, -0.05) is 0 Å². The van der Waals surface area contributed by atoms with Crippen LogP contribution in [-0.4, -0.2) is 25.8 Å². The molecular formula is C10H12N4O. The molecule has 5 nitrogen and oxygen atoms in total. The van der Waals surface area contributed by atoms with Crippen molar-refractivity contribution in [3.63, 3.8) is 0 Å². The van der Waals surface area contributed by atoms with Crippen LogP contribution in [0, 0.1) is 0 Å². The van der Waals surface area contributed by atoms with Gasteiger partial charge < -0.3 is 0 Å². The van der Waals surface area contributed by atoms with E-state index in [0.29, 0.717) is 11.3 Å². The summed E-state index contributed by atoms with van der Waals surface area (Å²) < 4.78 is 3.45. The zero-order chi connectivity index (χ0) is 10.8. The van der Waals surface area contributed by atoms with E-state index in [2.05, 4.69) is 10.2 Å². The normalized spacial score (nSPS) is 10.5. The first-order valence-corrected chi connectivity index (χ1v) is 4.77. The highest BCUT2D eigenvalue weighted by Crippen LogP contribution is 2.19. The summed E-state index contributed by atoms with van der Waals surface area (Å²) in [5, 5.41) is 8.38. The van der Waals surface area contributed by atoms with Crippen LogP contribution in [0.1, 0.15) is 17.3 Å². The summed E-state index contributed by atoms with van der Waals surface area (Å²) in [5.41, 5.74) is 2.14. The second-order valence-corrected chi connectivity index (χ2v) is 3.25. The molecule has 0 amide bonds. The van der Waals surface area contributed by atoms with Gasteiger partial charge >= 0.3 is 0 Å². The molecule has 2 aromatic heterocycles. The van der Waals surface area contributed by atoms with Gasteiger partial charge in [-0.2, -0.15) is 10.2 Å². The summed E-state index contributed by atoms with van der Waals surface area (Å²) in [6, 6.07) is 1.84. The molecule has 0 aliphatic heterocycles. The standard InChI is InChI=1S/C10H12N4O/c1-3-14-6-8(7-15)10(12-14)9-4-5-11-13(9)2/h4-7H,3H2,1-2H3. The van der Waals surface area contributed by atoms with Gasteiger partial charge in [-0.3, -0.25) is 14.2 Å². The van der Waals surface area contributed by atoms with Gasteiger partial charge in [0.15, 0.2) is 6.29 Å². The van der Waals surface area contributed by atoms with E-state index in [4.69, 9.17) is 0 Å². The Balaban J connectivity index is 2.56. The largest absolute Gasteiger partial charge is 0.298 e. The van der Waals surface area contributed by atoms with Crippen LogP contribution in [0.25, 0.3) is 11.4 Å². The zero-order valence-electron chi connectivity index (χ0n) is 8.71. The summed E-state index contributed by atoms with van der Waals surface area (Å²) in [4.78, 5) is 10.9. The quantitative estimate of drug-likeness (QED) is 0.704. The number of aryl methyl sites for hydroxylation is 2. The number of nitrogens with zero attached hydrogens (tertiary/aromatic N) is 4. The Bertz CT molecular complexity index is 483. The molecule has 0 unspecified atom stereocenters. The molecule has 0 fully saturated rings. The van der Waals surface area contributed by atoms with E-state index in [-0.39, 0.29) is 0 Å². The van der Waals surface area contributed by atoms with Crippen LogP contribution in [-0.2, 0) is 13.6 Å². The van der Waals surface area contributed by atoms with E-state index in [9.17, 15) is 4.79 Å². The van der Waals surface area contributed by atoms with Crippen LogP contribution in [0.15, 0.2) is 18.5 Å². The minimum Gasteiger partial charge on any atom is -0.298 e. The monoisotopic (exact) mass is 204 g/mol. The first kappa shape index (κ1) is 9.64. The number of carbonyl (C=O) groups excluding carboxylic acids is 1. The lowest BCUT2D eigenvalue weighted by Crippen LogP contribution is -1.97. The van der Waals surface area contributed by atoms with Crippen molar-refractivity contribution in [2.45, 2.75) is 13.5 Å². The number of rotatable bonds is 3. The highest BCUT2D eigenvalue weighted by Gasteiger charge is 2.12. The predicted molar refractivity (Wildman–Crippen MR) is 55.5 cm³/mol. The Hall–Kier alpha value is -1.91. The lowest BCUT2D eigenvalue weighted by molar-refractivity contribution is 0.112. The zero-order valence-corrected chi connectivity index (χ0v) is 8.71. The lowest BCUT2D eigenvalue weighted by atomic mass is 10.2. The molecule has 2 rings (SSSR count). The molecule has 0 aromatic carbocycles. The summed E-state index contributed by atoms with van der Waals surface area (Å²) in [6.07, 6.45) is 4.26. The van der Waals surface area contributed by atoms with Gasteiger partial charge in [0.05, 0.1) is 11.3 Å². The molecule has 0 aliphatic rings. The van der Waals surface area contributed by atoms with Crippen LogP contribution >= 0.6 is 0 Å². The van der Waals surface area contributed by atoms with Crippen molar-refractivity contribution in [2.75, 3.05) is 0 Å². The van der Waals surface area contributed by atoms with Gasteiger partial charge in [0.2, 0.25) is 0 Å². The molecule has 0 saturated heterocycles. The molecule has 2 heterocycles. The molecule has 78 valence electrons. The number of carbonyl (C=O) groups is 1. The smallest absolute Gasteiger partial charge is 0.153 e. The minimum absolute atomic E-state index is 0.598. The Labute approximate surface area is 87.3 Å².